The molecule has 0 aliphatic rings. The zero-order chi connectivity index (χ0) is 37.3. The molecule has 0 saturated heterocycles. The van der Waals surface area contributed by atoms with Crippen LogP contribution in [-0.2, 0) is 0 Å². The van der Waals surface area contributed by atoms with Crippen molar-refractivity contribution in [2.24, 2.45) is 4.74 Å². The Balaban J connectivity index is 0.00000514. The van der Waals surface area contributed by atoms with Gasteiger partial charge >= 0.3 is 18.9 Å². The minimum absolute atomic E-state index is 0. The van der Waals surface area contributed by atoms with E-state index in [4.69, 9.17) is 10.1 Å². The summed E-state index contributed by atoms with van der Waals surface area (Å²) in [4.78, 5) is 0. The molecule has 270 valence electrons. The minimum atomic E-state index is -2.71. The van der Waals surface area contributed by atoms with Crippen molar-refractivity contribution in [3.05, 3.63) is 216 Å². The Hall–Kier alpha value is -4.40. The summed E-state index contributed by atoms with van der Waals surface area (Å²) in [6, 6.07) is 70.5. The summed E-state index contributed by atoms with van der Waals surface area (Å²) in [7, 11) is -3.41. The van der Waals surface area contributed by atoms with Crippen LogP contribution in [0.2, 0.25) is 0 Å². The molecule has 7 rings (SSSR count). The SMILES string of the molecule is CC(C)c1cccc(C(C)C)c1N=P(c1ccccc1)(c1ccccc1)c1ccccc1[N-]C(CP(c1ccccc1)c1ccccc1)c1ccccc1.[Li+]. The molecular formula is C50H49LiN2P2. The van der Waals surface area contributed by atoms with Crippen LogP contribution in [0.3, 0.4) is 0 Å². The van der Waals surface area contributed by atoms with E-state index in [-0.39, 0.29) is 24.9 Å². The summed E-state index contributed by atoms with van der Waals surface area (Å²) >= 11 is 0. The smallest absolute Gasteiger partial charge is 0.677 e. The van der Waals surface area contributed by atoms with Crippen LogP contribution in [0.1, 0.15) is 62.3 Å². The van der Waals surface area contributed by atoms with Crippen LogP contribution in [-0.4, -0.2) is 6.16 Å². The van der Waals surface area contributed by atoms with Gasteiger partial charge in [0.1, 0.15) is 0 Å². The van der Waals surface area contributed by atoms with E-state index in [2.05, 4.69) is 222 Å². The molecule has 7 aromatic carbocycles. The average Bonchev–Trinajstić information content (AvgIpc) is 3.23. The van der Waals surface area contributed by atoms with E-state index < -0.39 is 15.0 Å². The Labute approximate surface area is 342 Å². The van der Waals surface area contributed by atoms with Crippen LogP contribution in [0.15, 0.2) is 199 Å². The molecule has 55 heavy (non-hydrogen) atoms. The molecule has 0 radical (unpaired) electrons. The third kappa shape index (κ3) is 9.02. The fourth-order valence-corrected chi connectivity index (χ4v) is 13.4. The monoisotopic (exact) mass is 746 g/mol. The first kappa shape index (κ1) is 40.3. The number of rotatable bonds is 13. The normalized spacial score (nSPS) is 12.0. The van der Waals surface area contributed by atoms with Gasteiger partial charge in [-0.1, -0.05) is 233 Å². The average molecular weight is 747 g/mol. The van der Waals surface area contributed by atoms with Gasteiger partial charge in [-0.15, -0.1) is 5.69 Å². The first-order valence-corrected chi connectivity index (χ1v) is 22.3. The minimum Gasteiger partial charge on any atom is -0.677 e. The van der Waals surface area contributed by atoms with Crippen molar-refractivity contribution in [2.45, 2.75) is 45.6 Å². The molecule has 0 heterocycles. The molecule has 0 bridgehead atoms. The molecule has 0 amide bonds. The van der Waals surface area contributed by atoms with Gasteiger partial charge in [0.2, 0.25) is 0 Å². The summed E-state index contributed by atoms with van der Waals surface area (Å²) in [6.45, 7) is 9.15. The second-order valence-electron chi connectivity index (χ2n) is 14.3. The van der Waals surface area contributed by atoms with Gasteiger partial charge < -0.3 is 5.32 Å². The van der Waals surface area contributed by atoms with Crippen LogP contribution in [0, 0.1) is 0 Å². The van der Waals surface area contributed by atoms with Crippen LogP contribution in [0.5, 0.6) is 0 Å². The van der Waals surface area contributed by atoms with Gasteiger partial charge in [0, 0.05) is 10.6 Å². The van der Waals surface area contributed by atoms with Crippen molar-refractivity contribution in [3.8, 4) is 0 Å². The molecule has 0 N–H and O–H groups in total. The van der Waals surface area contributed by atoms with E-state index in [9.17, 15) is 0 Å². The number of hydrogen-bond acceptors (Lipinski definition) is 1. The van der Waals surface area contributed by atoms with E-state index in [0.717, 1.165) is 17.5 Å². The molecule has 1 atom stereocenters. The van der Waals surface area contributed by atoms with Crippen LogP contribution >= 0.6 is 15.0 Å². The van der Waals surface area contributed by atoms with Crippen LogP contribution in [0.25, 0.3) is 5.32 Å². The summed E-state index contributed by atoms with van der Waals surface area (Å²) in [6.07, 6.45) is 0.884. The fraction of sp³-hybridized carbons (Fsp3) is 0.160. The Morgan fingerprint density at radius 1 is 0.491 bits per heavy atom. The van der Waals surface area contributed by atoms with Gasteiger partial charge in [0.25, 0.3) is 0 Å². The van der Waals surface area contributed by atoms with E-state index >= 15 is 0 Å². The Morgan fingerprint density at radius 3 is 1.38 bits per heavy atom. The second kappa shape index (κ2) is 19.0. The number of nitrogens with zero attached hydrogens (tertiary/aromatic N) is 2. The first-order chi connectivity index (χ1) is 26.5. The maximum atomic E-state index is 6.20. The van der Waals surface area contributed by atoms with Crippen molar-refractivity contribution in [1.29, 1.82) is 0 Å². The summed E-state index contributed by atoms with van der Waals surface area (Å²) in [5.41, 5.74) is 5.91. The zero-order valence-corrected chi connectivity index (χ0v) is 34.5. The molecule has 2 nitrogen and oxygen atoms in total. The maximum Gasteiger partial charge on any atom is 1.00 e. The quantitative estimate of drug-likeness (QED) is 0.0831. The molecule has 7 aromatic rings. The van der Waals surface area contributed by atoms with E-state index in [1.54, 1.807) is 0 Å². The Morgan fingerprint density at radius 2 is 0.909 bits per heavy atom. The fourth-order valence-electron chi connectivity index (χ4n) is 7.32. The summed E-state index contributed by atoms with van der Waals surface area (Å²) in [5, 5.41) is 12.2. The van der Waals surface area contributed by atoms with E-state index in [1.165, 1.54) is 43.2 Å². The van der Waals surface area contributed by atoms with Crippen molar-refractivity contribution >= 4 is 52.9 Å². The molecule has 0 spiro atoms. The molecule has 0 fully saturated rings. The van der Waals surface area contributed by atoms with Gasteiger partial charge in [0.05, 0.1) is 12.7 Å². The number of hydrogen-bond donors (Lipinski definition) is 0. The molecule has 1 unspecified atom stereocenters. The van der Waals surface area contributed by atoms with Crippen molar-refractivity contribution in [3.63, 3.8) is 0 Å². The number of para-hydroxylation sites is 1. The Kier molecular flexibility index (Phi) is 13.9. The Bertz CT molecular complexity index is 2190. The molecular weight excluding hydrogens is 697 g/mol. The van der Waals surface area contributed by atoms with Crippen molar-refractivity contribution in [1.82, 2.24) is 0 Å². The van der Waals surface area contributed by atoms with E-state index in [1.807, 2.05) is 0 Å². The third-order valence-corrected chi connectivity index (χ3v) is 16.3. The summed E-state index contributed by atoms with van der Waals surface area (Å²) in [5.74, 6) is 0.627. The zero-order valence-electron chi connectivity index (χ0n) is 32.7. The van der Waals surface area contributed by atoms with Crippen molar-refractivity contribution in [2.75, 3.05) is 6.16 Å². The van der Waals surface area contributed by atoms with Gasteiger partial charge in [-0.2, -0.15) is 0 Å². The number of benzene rings is 7. The molecule has 5 heteroatoms. The maximum absolute atomic E-state index is 6.20. The van der Waals surface area contributed by atoms with Gasteiger partial charge in [-0.3, -0.25) is 4.74 Å². The third-order valence-electron chi connectivity index (χ3n) is 10.1. The van der Waals surface area contributed by atoms with Crippen LogP contribution in [0.4, 0.5) is 11.4 Å². The van der Waals surface area contributed by atoms with Gasteiger partial charge in [-0.05, 0) is 53.0 Å². The largest absolute Gasteiger partial charge is 1.00 e. The topological polar surface area (TPSA) is 26.5 Å². The van der Waals surface area contributed by atoms with Crippen LogP contribution < -0.4 is 45.4 Å². The molecule has 0 aliphatic heterocycles. The summed E-state index contributed by atoms with van der Waals surface area (Å²) < 4.78 is 6.20. The van der Waals surface area contributed by atoms with E-state index in [0.29, 0.717) is 11.8 Å². The molecule has 0 aliphatic carbocycles. The van der Waals surface area contributed by atoms with Crippen molar-refractivity contribution < 1.29 is 18.9 Å². The molecule has 0 aromatic heterocycles. The first-order valence-electron chi connectivity index (χ1n) is 19.0. The standard InChI is InChI=1S/C50H49N2P2.Li/c1-38(2)45-33-22-34-46(39(3)4)50(45)52-54(43-29-16-8-17-30-43,44-31-18-9-19-32-44)49-36-21-20-35-47(49)51-48(40-23-10-5-11-24-40)37-53(41-25-12-6-13-26-41)42-27-14-7-15-28-42;/h5-36,38-39,48H,37H2,1-4H3;/q-1;+1. The predicted octanol–water partition coefficient (Wildman–Crippen LogP) is 9.63. The van der Waals surface area contributed by atoms with Gasteiger partial charge in [0.15, 0.2) is 0 Å². The second-order valence-corrected chi connectivity index (χ2v) is 19.6. The predicted molar refractivity (Wildman–Crippen MR) is 238 cm³/mol. The van der Waals surface area contributed by atoms with Gasteiger partial charge in [-0.25, -0.2) is 0 Å². The molecule has 0 saturated carbocycles.